The molecule has 0 radical (unpaired) electrons. The van der Waals surface area contributed by atoms with Crippen LogP contribution in [0.2, 0.25) is 0 Å². The smallest absolute Gasteiger partial charge is 0.329 e. The van der Waals surface area contributed by atoms with Gasteiger partial charge in [0.15, 0.2) is 5.72 Å². The van der Waals surface area contributed by atoms with Crippen molar-refractivity contribution in [1.29, 1.82) is 0 Å². The molecule has 3 rings (SSSR count). The number of hydrogen-bond donors (Lipinski definition) is 1. The van der Waals surface area contributed by atoms with Crippen molar-refractivity contribution < 1.29 is 19.4 Å². The summed E-state index contributed by atoms with van der Waals surface area (Å²) in [5, 5.41) is 11.4. The lowest BCUT2D eigenvalue weighted by atomic mass is 9.92. The molecule has 0 bridgehead atoms. The molecule has 1 amide bonds. The van der Waals surface area contributed by atoms with Crippen molar-refractivity contribution in [3.05, 3.63) is 35.4 Å². The highest BCUT2D eigenvalue weighted by Crippen LogP contribution is 2.43. The minimum atomic E-state index is -1.43. The van der Waals surface area contributed by atoms with Crippen molar-refractivity contribution in [3.63, 3.8) is 0 Å². The van der Waals surface area contributed by atoms with Crippen molar-refractivity contribution in [2.24, 2.45) is 5.92 Å². The number of rotatable bonds is 1. The van der Waals surface area contributed by atoms with Crippen LogP contribution in [0.3, 0.4) is 0 Å². The lowest BCUT2D eigenvalue weighted by Gasteiger charge is -2.41. The maximum absolute atomic E-state index is 12.9. The fraction of sp³-hybridized carbons (Fsp3) is 0.556. The van der Waals surface area contributed by atoms with Gasteiger partial charge in [-0.15, -0.1) is 0 Å². The van der Waals surface area contributed by atoms with Crippen LogP contribution in [0, 0.1) is 5.92 Å². The van der Waals surface area contributed by atoms with Crippen LogP contribution in [-0.4, -0.2) is 34.5 Å². The van der Waals surface area contributed by atoms with Crippen molar-refractivity contribution in [1.82, 2.24) is 4.90 Å². The standard InChI is InChI=1S/C18H23NO4/c1-12(2)15-17(21)23-11-7-3-6-10-18(22)14-9-5-4-8-13(14)16(20)19(15)18/h4-5,8-9,12,15,22H,3,6-7,10-11H2,1-2H3/t15-,18+/m0/s1. The molecule has 1 N–H and O–H groups in total. The fourth-order valence-electron chi connectivity index (χ4n) is 3.64. The third kappa shape index (κ3) is 2.53. The zero-order valence-corrected chi connectivity index (χ0v) is 13.6. The van der Waals surface area contributed by atoms with E-state index in [0.29, 0.717) is 24.2 Å². The second-order valence-electron chi connectivity index (χ2n) is 6.70. The Hall–Kier alpha value is -1.88. The van der Waals surface area contributed by atoms with E-state index in [1.807, 2.05) is 19.9 Å². The summed E-state index contributed by atoms with van der Waals surface area (Å²) in [5.41, 5.74) is -0.351. The highest BCUT2D eigenvalue weighted by molar-refractivity contribution is 6.02. The summed E-state index contributed by atoms with van der Waals surface area (Å²) in [6.07, 6.45) is 2.84. The molecule has 0 aromatic heterocycles. The number of nitrogens with zero attached hydrogens (tertiary/aromatic N) is 1. The number of benzene rings is 1. The summed E-state index contributed by atoms with van der Waals surface area (Å²) in [5.74, 6) is -0.868. The van der Waals surface area contributed by atoms with Gasteiger partial charge in [-0.05, 0) is 37.7 Å². The molecule has 5 nitrogen and oxygen atoms in total. The molecule has 0 spiro atoms. The third-order valence-electron chi connectivity index (χ3n) is 4.77. The van der Waals surface area contributed by atoms with Gasteiger partial charge in [0.25, 0.3) is 5.91 Å². The molecule has 1 aromatic rings. The zero-order valence-electron chi connectivity index (χ0n) is 13.6. The quantitative estimate of drug-likeness (QED) is 0.808. The van der Waals surface area contributed by atoms with E-state index in [9.17, 15) is 14.7 Å². The van der Waals surface area contributed by atoms with Gasteiger partial charge in [0.05, 0.1) is 6.61 Å². The molecular weight excluding hydrogens is 294 g/mol. The van der Waals surface area contributed by atoms with E-state index in [1.54, 1.807) is 18.2 Å². The van der Waals surface area contributed by atoms with Gasteiger partial charge in [-0.3, -0.25) is 9.69 Å². The number of esters is 1. The summed E-state index contributed by atoms with van der Waals surface area (Å²) in [6, 6.07) is 6.31. The van der Waals surface area contributed by atoms with E-state index in [-0.39, 0.29) is 11.8 Å². The molecule has 0 saturated carbocycles. The molecule has 2 heterocycles. The molecule has 0 unspecified atom stereocenters. The second-order valence-corrected chi connectivity index (χ2v) is 6.70. The van der Waals surface area contributed by atoms with Crippen LogP contribution in [0.4, 0.5) is 0 Å². The van der Waals surface area contributed by atoms with Gasteiger partial charge in [-0.1, -0.05) is 32.0 Å². The lowest BCUT2D eigenvalue weighted by molar-refractivity contribution is -0.168. The van der Waals surface area contributed by atoms with Gasteiger partial charge >= 0.3 is 5.97 Å². The van der Waals surface area contributed by atoms with E-state index in [4.69, 9.17) is 4.74 Å². The number of cyclic esters (lactones) is 1. The van der Waals surface area contributed by atoms with Crippen LogP contribution in [0.25, 0.3) is 0 Å². The molecule has 124 valence electrons. The number of amides is 1. The maximum Gasteiger partial charge on any atom is 0.329 e. The number of carbonyl (C=O) groups excluding carboxylic acids is 2. The number of carbonyl (C=O) groups is 2. The second kappa shape index (κ2) is 5.96. The Morgan fingerprint density at radius 2 is 1.96 bits per heavy atom. The van der Waals surface area contributed by atoms with Gasteiger partial charge in [-0.25, -0.2) is 4.79 Å². The summed E-state index contributed by atoms with van der Waals surface area (Å²) in [7, 11) is 0. The molecule has 2 aliphatic rings. The predicted molar refractivity (Wildman–Crippen MR) is 84.6 cm³/mol. The summed E-state index contributed by atoms with van der Waals surface area (Å²) in [4.78, 5) is 26.8. The third-order valence-corrected chi connectivity index (χ3v) is 4.77. The van der Waals surface area contributed by atoms with Crippen LogP contribution in [0.1, 0.15) is 55.5 Å². The Morgan fingerprint density at radius 3 is 2.70 bits per heavy atom. The van der Waals surface area contributed by atoms with Crippen molar-refractivity contribution in [2.45, 2.75) is 51.3 Å². The van der Waals surface area contributed by atoms with Crippen LogP contribution in [-0.2, 0) is 15.3 Å². The van der Waals surface area contributed by atoms with Gasteiger partial charge in [0, 0.05) is 11.1 Å². The molecule has 1 aromatic carbocycles. The van der Waals surface area contributed by atoms with Crippen LogP contribution in [0.5, 0.6) is 0 Å². The largest absolute Gasteiger partial charge is 0.464 e. The monoisotopic (exact) mass is 317 g/mol. The molecule has 2 atom stereocenters. The van der Waals surface area contributed by atoms with E-state index >= 15 is 0 Å². The first-order valence-corrected chi connectivity index (χ1v) is 8.29. The molecule has 2 aliphatic heterocycles. The Labute approximate surface area is 136 Å². The van der Waals surface area contributed by atoms with Crippen molar-refractivity contribution in [3.8, 4) is 0 Å². The average molecular weight is 317 g/mol. The van der Waals surface area contributed by atoms with Gasteiger partial charge in [0.2, 0.25) is 0 Å². The highest BCUT2D eigenvalue weighted by Gasteiger charge is 2.53. The van der Waals surface area contributed by atoms with Crippen LogP contribution >= 0.6 is 0 Å². The average Bonchev–Trinajstić information content (AvgIpc) is 2.74. The normalized spacial score (nSPS) is 28.3. The molecule has 0 aliphatic carbocycles. The highest BCUT2D eigenvalue weighted by atomic mass is 16.5. The summed E-state index contributed by atoms with van der Waals surface area (Å²) < 4.78 is 5.35. The van der Waals surface area contributed by atoms with Gasteiger partial charge in [0.1, 0.15) is 6.04 Å². The first-order valence-electron chi connectivity index (χ1n) is 8.29. The van der Waals surface area contributed by atoms with E-state index in [1.165, 1.54) is 4.90 Å². The zero-order chi connectivity index (χ0) is 16.6. The number of aliphatic hydroxyl groups is 1. The van der Waals surface area contributed by atoms with E-state index in [0.717, 1.165) is 19.3 Å². The Balaban J connectivity index is 2.12. The Bertz CT molecular complexity index is 627. The van der Waals surface area contributed by atoms with Crippen molar-refractivity contribution in [2.75, 3.05) is 6.61 Å². The van der Waals surface area contributed by atoms with Gasteiger partial charge < -0.3 is 9.84 Å². The van der Waals surface area contributed by atoms with Crippen LogP contribution in [0.15, 0.2) is 24.3 Å². The van der Waals surface area contributed by atoms with E-state index < -0.39 is 17.7 Å². The minimum Gasteiger partial charge on any atom is -0.464 e. The Morgan fingerprint density at radius 1 is 1.22 bits per heavy atom. The number of fused-ring (bicyclic) bond motifs is 3. The molecule has 1 fully saturated rings. The van der Waals surface area contributed by atoms with Crippen LogP contribution < -0.4 is 0 Å². The summed E-state index contributed by atoms with van der Waals surface area (Å²) >= 11 is 0. The molecule has 23 heavy (non-hydrogen) atoms. The lowest BCUT2D eigenvalue weighted by Crippen LogP contribution is -2.55. The molecular formula is C18H23NO4. The maximum atomic E-state index is 12.9. The number of ether oxygens (including phenoxy) is 1. The first kappa shape index (κ1) is 16.0. The fourth-order valence-corrected chi connectivity index (χ4v) is 3.64. The molecule has 5 heteroatoms. The minimum absolute atomic E-state index is 0.147. The summed E-state index contributed by atoms with van der Waals surface area (Å²) in [6.45, 7) is 4.11. The SMILES string of the molecule is CC(C)[C@H]1C(=O)OCCCCC[C@@]2(O)c3ccccc3C(=O)N12. The first-order chi connectivity index (χ1) is 11.0. The van der Waals surface area contributed by atoms with E-state index in [2.05, 4.69) is 0 Å². The topological polar surface area (TPSA) is 66.8 Å². The number of hydrogen-bond acceptors (Lipinski definition) is 4. The predicted octanol–water partition coefficient (Wildman–Crippen LogP) is 2.43. The Kier molecular flexibility index (Phi) is 4.15. The van der Waals surface area contributed by atoms with Crippen molar-refractivity contribution >= 4 is 11.9 Å². The molecule has 1 saturated heterocycles. The van der Waals surface area contributed by atoms with Gasteiger partial charge in [-0.2, -0.15) is 0 Å².